The van der Waals surface area contributed by atoms with Crippen LogP contribution in [-0.4, -0.2) is 24.3 Å². The molecular formula is C13H11F2NO4. The first kappa shape index (κ1) is 14.0. The van der Waals surface area contributed by atoms with Crippen LogP contribution >= 0.6 is 0 Å². The molecule has 2 rings (SSSR count). The van der Waals surface area contributed by atoms with Crippen molar-refractivity contribution in [1.29, 1.82) is 0 Å². The summed E-state index contributed by atoms with van der Waals surface area (Å²) in [6, 6.07) is 7.37. The number of aromatic nitrogens is 1. The van der Waals surface area contributed by atoms with E-state index in [1.54, 1.807) is 19.1 Å². The summed E-state index contributed by atoms with van der Waals surface area (Å²) in [5, 5.41) is 3.54. The van der Waals surface area contributed by atoms with Crippen LogP contribution < -0.4 is 4.74 Å². The van der Waals surface area contributed by atoms with E-state index < -0.39 is 12.6 Å². The lowest BCUT2D eigenvalue weighted by molar-refractivity contribution is -0.0495. The smallest absolute Gasteiger partial charge is 0.387 e. The molecule has 1 aromatic heterocycles. The van der Waals surface area contributed by atoms with Crippen molar-refractivity contribution in [2.24, 2.45) is 0 Å². The summed E-state index contributed by atoms with van der Waals surface area (Å²) in [5.74, 6) is -0.562. The van der Waals surface area contributed by atoms with E-state index in [-0.39, 0.29) is 29.4 Å². The minimum Gasteiger partial charge on any atom is -0.461 e. The lowest BCUT2D eigenvalue weighted by atomic mass is 10.1. The lowest BCUT2D eigenvalue weighted by Crippen LogP contribution is -2.04. The molecule has 0 aliphatic carbocycles. The zero-order chi connectivity index (χ0) is 14.5. The van der Waals surface area contributed by atoms with E-state index >= 15 is 0 Å². The quantitative estimate of drug-likeness (QED) is 0.789. The third-order valence-corrected chi connectivity index (χ3v) is 2.36. The number of hydrogen-bond acceptors (Lipinski definition) is 5. The Morgan fingerprint density at radius 3 is 2.85 bits per heavy atom. The van der Waals surface area contributed by atoms with Gasteiger partial charge >= 0.3 is 12.6 Å². The Morgan fingerprint density at radius 1 is 1.40 bits per heavy atom. The summed E-state index contributed by atoms with van der Waals surface area (Å²) in [5.41, 5.74) is 0.240. The molecule has 1 aromatic carbocycles. The molecule has 0 aliphatic rings. The van der Waals surface area contributed by atoms with Crippen LogP contribution in [-0.2, 0) is 4.74 Å². The van der Waals surface area contributed by atoms with Crippen molar-refractivity contribution in [3.8, 4) is 17.1 Å². The summed E-state index contributed by atoms with van der Waals surface area (Å²) >= 11 is 0. The number of benzene rings is 1. The highest BCUT2D eigenvalue weighted by Crippen LogP contribution is 2.31. The zero-order valence-electron chi connectivity index (χ0n) is 10.5. The van der Waals surface area contributed by atoms with E-state index in [9.17, 15) is 13.6 Å². The van der Waals surface area contributed by atoms with Crippen LogP contribution in [0.5, 0.6) is 5.75 Å². The van der Waals surface area contributed by atoms with Gasteiger partial charge in [0.05, 0.1) is 12.2 Å². The van der Waals surface area contributed by atoms with E-state index in [0.717, 1.165) is 0 Å². The maximum Gasteiger partial charge on any atom is 0.387 e. The number of nitrogens with zero attached hydrogens (tertiary/aromatic N) is 1. The number of alkyl halides is 2. The predicted octanol–water partition coefficient (Wildman–Crippen LogP) is 3.12. The van der Waals surface area contributed by atoms with Crippen LogP contribution in [0.3, 0.4) is 0 Å². The number of carbonyl (C=O) groups is 1. The standard InChI is InChI=1S/C13H11F2NO4/c1-2-18-12(17)9-7-11(20-16-9)8-5-3-4-6-10(8)19-13(14)15/h3-7,13H,2H2,1H3. The van der Waals surface area contributed by atoms with E-state index in [4.69, 9.17) is 9.26 Å². The summed E-state index contributed by atoms with van der Waals surface area (Å²) in [6.45, 7) is -1.10. The van der Waals surface area contributed by atoms with Gasteiger partial charge in [0.2, 0.25) is 0 Å². The van der Waals surface area contributed by atoms with Gasteiger partial charge < -0.3 is 14.0 Å². The highest BCUT2D eigenvalue weighted by molar-refractivity contribution is 5.88. The molecule has 0 unspecified atom stereocenters. The molecule has 0 aliphatic heterocycles. The maximum absolute atomic E-state index is 12.3. The molecule has 0 fully saturated rings. The van der Waals surface area contributed by atoms with Crippen molar-refractivity contribution in [2.45, 2.75) is 13.5 Å². The molecule has 0 atom stereocenters. The first-order valence-corrected chi connectivity index (χ1v) is 5.80. The SMILES string of the molecule is CCOC(=O)c1cc(-c2ccccc2OC(F)F)on1. The molecule has 0 spiro atoms. The average molecular weight is 283 g/mol. The summed E-state index contributed by atoms with van der Waals surface area (Å²) in [6.07, 6.45) is 0. The molecule has 0 saturated carbocycles. The fraction of sp³-hybridized carbons (Fsp3) is 0.231. The van der Waals surface area contributed by atoms with Gasteiger partial charge in [-0.05, 0) is 19.1 Å². The van der Waals surface area contributed by atoms with Crippen LogP contribution in [0.4, 0.5) is 8.78 Å². The molecule has 2 aromatic rings. The molecule has 7 heteroatoms. The molecule has 106 valence electrons. The highest BCUT2D eigenvalue weighted by atomic mass is 19.3. The molecule has 1 heterocycles. The van der Waals surface area contributed by atoms with Crippen LogP contribution in [0, 0.1) is 0 Å². The fourth-order valence-electron chi connectivity index (χ4n) is 1.57. The molecule has 0 amide bonds. The molecule has 0 saturated heterocycles. The van der Waals surface area contributed by atoms with Gasteiger partial charge in [0.15, 0.2) is 11.5 Å². The maximum atomic E-state index is 12.3. The summed E-state index contributed by atoms with van der Waals surface area (Å²) in [4.78, 5) is 11.5. The first-order valence-electron chi connectivity index (χ1n) is 5.80. The second kappa shape index (κ2) is 6.14. The van der Waals surface area contributed by atoms with Crippen LogP contribution in [0.2, 0.25) is 0 Å². The predicted molar refractivity (Wildman–Crippen MR) is 64.5 cm³/mol. The lowest BCUT2D eigenvalue weighted by Gasteiger charge is -2.07. The van der Waals surface area contributed by atoms with Crippen molar-refractivity contribution >= 4 is 5.97 Å². The number of para-hydroxylation sites is 1. The van der Waals surface area contributed by atoms with Gasteiger partial charge in [-0.25, -0.2) is 4.79 Å². The number of halogens is 2. The number of hydrogen-bond donors (Lipinski definition) is 0. The topological polar surface area (TPSA) is 61.6 Å². The normalized spacial score (nSPS) is 10.6. The molecule has 5 nitrogen and oxygen atoms in total. The highest BCUT2D eigenvalue weighted by Gasteiger charge is 2.18. The van der Waals surface area contributed by atoms with E-state index in [1.165, 1.54) is 18.2 Å². The first-order chi connectivity index (χ1) is 9.61. The summed E-state index contributed by atoms with van der Waals surface area (Å²) < 4.78 is 38.7. The Hall–Kier alpha value is -2.44. The molecule has 0 bridgehead atoms. The van der Waals surface area contributed by atoms with Gasteiger partial charge in [0.25, 0.3) is 0 Å². The van der Waals surface area contributed by atoms with E-state index in [1.807, 2.05) is 0 Å². The van der Waals surface area contributed by atoms with Crippen molar-refractivity contribution in [3.63, 3.8) is 0 Å². The van der Waals surface area contributed by atoms with Crippen LogP contribution in [0.1, 0.15) is 17.4 Å². The van der Waals surface area contributed by atoms with Crippen LogP contribution in [0.15, 0.2) is 34.9 Å². The number of esters is 1. The van der Waals surface area contributed by atoms with Gasteiger partial charge in [-0.15, -0.1) is 0 Å². The Morgan fingerprint density at radius 2 is 2.15 bits per heavy atom. The van der Waals surface area contributed by atoms with Crippen molar-refractivity contribution in [1.82, 2.24) is 5.16 Å². The van der Waals surface area contributed by atoms with Gasteiger partial charge in [-0.3, -0.25) is 0 Å². The van der Waals surface area contributed by atoms with E-state index in [0.29, 0.717) is 0 Å². The third-order valence-electron chi connectivity index (χ3n) is 2.36. The van der Waals surface area contributed by atoms with E-state index in [2.05, 4.69) is 9.89 Å². The van der Waals surface area contributed by atoms with Gasteiger partial charge in [0, 0.05) is 6.07 Å². The Labute approximate surface area is 113 Å². The second-order valence-electron chi connectivity index (χ2n) is 3.67. The van der Waals surface area contributed by atoms with Crippen molar-refractivity contribution in [2.75, 3.05) is 6.61 Å². The molecular weight excluding hydrogens is 272 g/mol. The largest absolute Gasteiger partial charge is 0.461 e. The molecule has 0 N–H and O–H groups in total. The number of ether oxygens (including phenoxy) is 2. The van der Waals surface area contributed by atoms with Crippen LogP contribution in [0.25, 0.3) is 11.3 Å². The average Bonchev–Trinajstić information content (AvgIpc) is 2.88. The number of rotatable bonds is 5. The Balaban J connectivity index is 2.30. The summed E-state index contributed by atoms with van der Waals surface area (Å²) in [7, 11) is 0. The third kappa shape index (κ3) is 3.11. The number of carbonyl (C=O) groups excluding carboxylic acids is 1. The van der Waals surface area contributed by atoms with Gasteiger partial charge in [-0.1, -0.05) is 17.3 Å². The van der Waals surface area contributed by atoms with Crippen molar-refractivity contribution < 1.29 is 27.6 Å². The van der Waals surface area contributed by atoms with Gasteiger partial charge in [-0.2, -0.15) is 8.78 Å². The minimum absolute atomic E-state index is 0.0336. The minimum atomic E-state index is -2.96. The zero-order valence-corrected chi connectivity index (χ0v) is 10.5. The fourth-order valence-corrected chi connectivity index (χ4v) is 1.57. The monoisotopic (exact) mass is 283 g/mol. The van der Waals surface area contributed by atoms with Crippen molar-refractivity contribution in [3.05, 3.63) is 36.0 Å². The molecule has 20 heavy (non-hydrogen) atoms. The molecule has 0 radical (unpaired) electrons. The Kier molecular flexibility index (Phi) is 4.29. The Bertz CT molecular complexity index is 598. The second-order valence-corrected chi connectivity index (χ2v) is 3.67. The van der Waals surface area contributed by atoms with Gasteiger partial charge in [0.1, 0.15) is 5.75 Å².